The number of hydrogen-bond acceptors (Lipinski definition) is 3. The van der Waals surface area contributed by atoms with Gasteiger partial charge in [0, 0.05) is 23.5 Å². The number of sulfonamides is 1. The van der Waals surface area contributed by atoms with Gasteiger partial charge in [-0.15, -0.1) is 0 Å². The fraction of sp³-hybridized carbons (Fsp3) is 0.250. The summed E-state index contributed by atoms with van der Waals surface area (Å²) in [4.78, 5) is 0.177. The second-order valence-electron chi connectivity index (χ2n) is 6.76. The van der Waals surface area contributed by atoms with Gasteiger partial charge in [-0.1, -0.05) is 36.4 Å². The molecule has 0 fully saturated rings. The molecule has 1 aromatic heterocycles. The average molecular weight is 369 g/mol. The number of aromatic nitrogens is 2. The lowest BCUT2D eigenvalue weighted by atomic mass is 10.1. The summed E-state index contributed by atoms with van der Waals surface area (Å²) >= 11 is 0. The maximum absolute atomic E-state index is 13.1. The van der Waals surface area contributed by atoms with Crippen molar-refractivity contribution in [3.63, 3.8) is 0 Å². The van der Waals surface area contributed by atoms with E-state index in [2.05, 4.69) is 9.82 Å². The summed E-state index contributed by atoms with van der Waals surface area (Å²) in [5.41, 5.74) is 3.79. The predicted octanol–water partition coefficient (Wildman–Crippen LogP) is 4.55. The van der Waals surface area contributed by atoms with E-state index < -0.39 is 10.0 Å². The number of aryl methyl sites for hydroxylation is 2. The van der Waals surface area contributed by atoms with Crippen LogP contribution in [0.3, 0.4) is 0 Å². The molecule has 3 aromatic rings. The van der Waals surface area contributed by atoms with Gasteiger partial charge in [-0.2, -0.15) is 5.10 Å². The van der Waals surface area contributed by atoms with E-state index in [0.717, 1.165) is 16.7 Å². The molecule has 0 radical (unpaired) electrons. The molecule has 6 heteroatoms. The zero-order valence-corrected chi connectivity index (χ0v) is 16.2. The quantitative estimate of drug-likeness (QED) is 0.718. The van der Waals surface area contributed by atoms with E-state index in [1.54, 1.807) is 10.9 Å². The second kappa shape index (κ2) is 6.96. The summed E-state index contributed by atoms with van der Waals surface area (Å²) in [7, 11) is -3.77. The van der Waals surface area contributed by atoms with Gasteiger partial charge in [0.05, 0.1) is 0 Å². The van der Waals surface area contributed by atoms with Gasteiger partial charge in [0.1, 0.15) is 10.6 Å². The third-order valence-corrected chi connectivity index (χ3v) is 5.42. The van der Waals surface area contributed by atoms with Crippen molar-refractivity contribution in [2.24, 2.45) is 0 Å². The van der Waals surface area contributed by atoms with E-state index in [1.807, 2.05) is 76.2 Å². The lowest BCUT2D eigenvalue weighted by molar-refractivity contribution is 0.532. The highest BCUT2D eigenvalue weighted by atomic mass is 32.2. The molecule has 0 aliphatic rings. The fourth-order valence-corrected chi connectivity index (χ4v) is 4.07. The van der Waals surface area contributed by atoms with Crippen LogP contribution >= 0.6 is 0 Å². The van der Waals surface area contributed by atoms with E-state index in [1.165, 1.54) is 0 Å². The monoisotopic (exact) mass is 369 g/mol. The largest absolute Gasteiger partial charge is 0.279 e. The van der Waals surface area contributed by atoms with Gasteiger partial charge in [-0.3, -0.25) is 9.40 Å². The Balaban J connectivity index is 2.09. The first kappa shape index (κ1) is 18.2. The Morgan fingerprint density at radius 2 is 1.62 bits per heavy atom. The molecule has 0 bridgehead atoms. The molecule has 136 valence electrons. The van der Waals surface area contributed by atoms with Gasteiger partial charge < -0.3 is 0 Å². The first-order chi connectivity index (χ1) is 12.3. The molecule has 0 spiro atoms. The first-order valence-electron chi connectivity index (χ1n) is 8.52. The highest BCUT2D eigenvalue weighted by Gasteiger charge is 2.24. The number of anilines is 1. The zero-order valence-electron chi connectivity index (χ0n) is 15.4. The number of nitrogens with one attached hydrogen (secondary N) is 1. The molecule has 0 aliphatic heterocycles. The van der Waals surface area contributed by atoms with Crippen LogP contribution in [0, 0.1) is 13.8 Å². The van der Waals surface area contributed by atoms with Gasteiger partial charge in [0.2, 0.25) is 0 Å². The Kier molecular flexibility index (Phi) is 4.87. The molecule has 1 N–H and O–H groups in total. The number of nitrogens with zero attached hydrogens (tertiary/aromatic N) is 2. The number of hydrogen-bond donors (Lipinski definition) is 1. The Bertz CT molecular complexity index is 1000. The average Bonchev–Trinajstić information content (AvgIpc) is 3.01. The molecule has 0 aliphatic carbocycles. The lowest BCUT2D eigenvalue weighted by Gasteiger charge is -2.10. The van der Waals surface area contributed by atoms with E-state index >= 15 is 0 Å². The summed E-state index contributed by atoms with van der Waals surface area (Å²) in [6, 6.07) is 15.1. The standard InChI is InChI=1S/C20H23N3O2S/c1-14(2)23-13-19(20(21-23)17-8-6-5-7-9-17)26(24,25)22-18-11-15(3)10-16(4)12-18/h5-14,22H,1-4H3. The highest BCUT2D eigenvalue weighted by molar-refractivity contribution is 7.92. The van der Waals surface area contributed by atoms with Gasteiger partial charge in [0.25, 0.3) is 10.0 Å². The van der Waals surface area contributed by atoms with Crippen LogP contribution in [-0.4, -0.2) is 18.2 Å². The molecule has 0 unspecified atom stereocenters. The summed E-state index contributed by atoms with van der Waals surface area (Å²) in [6.45, 7) is 7.82. The van der Waals surface area contributed by atoms with Crippen molar-refractivity contribution in [3.8, 4) is 11.3 Å². The molecule has 0 atom stereocenters. The molecule has 5 nitrogen and oxygen atoms in total. The van der Waals surface area contributed by atoms with Crippen LogP contribution in [0.2, 0.25) is 0 Å². The van der Waals surface area contributed by atoms with Gasteiger partial charge in [-0.25, -0.2) is 8.42 Å². The second-order valence-corrected chi connectivity index (χ2v) is 8.41. The number of rotatable bonds is 5. The highest BCUT2D eigenvalue weighted by Crippen LogP contribution is 2.29. The maximum Gasteiger partial charge on any atom is 0.265 e. The normalized spacial score (nSPS) is 11.7. The molecule has 3 rings (SSSR count). The Morgan fingerprint density at radius 3 is 2.19 bits per heavy atom. The Labute approximate surface area is 154 Å². The van der Waals surface area contributed by atoms with Crippen LogP contribution in [-0.2, 0) is 10.0 Å². The molecule has 1 heterocycles. The van der Waals surface area contributed by atoms with Crippen molar-refractivity contribution in [2.45, 2.75) is 38.6 Å². The zero-order chi connectivity index (χ0) is 18.9. The third kappa shape index (κ3) is 3.80. The molecular weight excluding hydrogens is 346 g/mol. The Hall–Kier alpha value is -2.60. The number of benzene rings is 2. The Morgan fingerprint density at radius 1 is 1.00 bits per heavy atom. The molecule has 26 heavy (non-hydrogen) atoms. The van der Waals surface area contributed by atoms with Crippen molar-refractivity contribution < 1.29 is 8.42 Å². The van der Waals surface area contributed by atoms with Crippen LogP contribution in [0.4, 0.5) is 5.69 Å². The molecule has 0 saturated carbocycles. The van der Waals surface area contributed by atoms with Crippen LogP contribution in [0.15, 0.2) is 59.6 Å². The van der Waals surface area contributed by atoms with Gasteiger partial charge in [-0.05, 0) is 51.0 Å². The molecular formula is C20H23N3O2S. The fourth-order valence-electron chi connectivity index (χ4n) is 2.88. The van der Waals surface area contributed by atoms with E-state index in [0.29, 0.717) is 11.4 Å². The SMILES string of the molecule is Cc1cc(C)cc(NS(=O)(=O)c2cn(C(C)C)nc2-c2ccccc2)c1. The summed E-state index contributed by atoms with van der Waals surface area (Å²) in [5.74, 6) is 0. The van der Waals surface area contributed by atoms with Crippen LogP contribution in [0.1, 0.15) is 31.0 Å². The maximum atomic E-state index is 13.1. The van der Waals surface area contributed by atoms with Crippen molar-refractivity contribution in [3.05, 3.63) is 65.9 Å². The van der Waals surface area contributed by atoms with E-state index in [9.17, 15) is 8.42 Å². The summed E-state index contributed by atoms with van der Waals surface area (Å²) in [5, 5.41) is 4.52. The predicted molar refractivity (Wildman–Crippen MR) is 105 cm³/mol. The molecule has 2 aromatic carbocycles. The van der Waals surface area contributed by atoms with Crippen LogP contribution < -0.4 is 4.72 Å². The summed E-state index contributed by atoms with van der Waals surface area (Å²) < 4.78 is 30.6. The smallest absolute Gasteiger partial charge is 0.265 e. The minimum absolute atomic E-state index is 0.0580. The minimum atomic E-state index is -3.77. The van der Waals surface area contributed by atoms with Crippen LogP contribution in [0.5, 0.6) is 0 Å². The van der Waals surface area contributed by atoms with E-state index in [-0.39, 0.29) is 10.9 Å². The lowest BCUT2D eigenvalue weighted by Crippen LogP contribution is -2.13. The van der Waals surface area contributed by atoms with Crippen molar-refractivity contribution >= 4 is 15.7 Å². The minimum Gasteiger partial charge on any atom is -0.279 e. The van der Waals surface area contributed by atoms with Crippen molar-refractivity contribution in [1.82, 2.24) is 9.78 Å². The van der Waals surface area contributed by atoms with Gasteiger partial charge >= 0.3 is 0 Å². The topological polar surface area (TPSA) is 64.0 Å². The van der Waals surface area contributed by atoms with Crippen molar-refractivity contribution in [2.75, 3.05) is 4.72 Å². The van der Waals surface area contributed by atoms with Crippen LogP contribution in [0.25, 0.3) is 11.3 Å². The summed E-state index contributed by atoms with van der Waals surface area (Å²) in [6.07, 6.45) is 1.60. The molecule has 0 saturated heterocycles. The van der Waals surface area contributed by atoms with Crippen molar-refractivity contribution in [1.29, 1.82) is 0 Å². The molecule has 0 amide bonds. The van der Waals surface area contributed by atoms with E-state index in [4.69, 9.17) is 0 Å². The third-order valence-electron chi connectivity index (χ3n) is 4.04. The first-order valence-corrected chi connectivity index (χ1v) is 10.0. The van der Waals surface area contributed by atoms with Gasteiger partial charge in [0.15, 0.2) is 0 Å².